The number of ether oxygens (including phenoxy) is 1. The minimum atomic E-state index is 0.171. The Bertz CT molecular complexity index is 514. The highest BCUT2D eigenvalue weighted by molar-refractivity contribution is 7.08. The maximum absolute atomic E-state index is 6.15. The van der Waals surface area contributed by atoms with Crippen molar-refractivity contribution in [1.29, 1.82) is 0 Å². The maximum Gasteiger partial charge on any atom is 0.0829 e. The van der Waals surface area contributed by atoms with E-state index in [1.807, 2.05) is 6.07 Å². The van der Waals surface area contributed by atoms with Crippen molar-refractivity contribution in [2.75, 3.05) is 0 Å². The number of hydrogen-bond acceptors (Lipinski definition) is 2. The van der Waals surface area contributed by atoms with Crippen molar-refractivity contribution in [3.8, 4) is 0 Å². The molecule has 0 spiro atoms. The van der Waals surface area contributed by atoms with Crippen LogP contribution in [0.4, 0.5) is 0 Å². The Morgan fingerprint density at radius 2 is 2.00 bits per heavy atom. The lowest BCUT2D eigenvalue weighted by molar-refractivity contribution is 0.0760. The van der Waals surface area contributed by atoms with E-state index in [1.54, 1.807) is 11.3 Å². The van der Waals surface area contributed by atoms with E-state index in [0.29, 0.717) is 6.61 Å². The lowest BCUT2D eigenvalue weighted by atomic mass is 10.00. The molecule has 1 aromatic carbocycles. The van der Waals surface area contributed by atoms with Crippen molar-refractivity contribution in [2.24, 2.45) is 0 Å². The predicted molar refractivity (Wildman–Crippen MR) is 87.9 cm³/mol. The molecule has 106 valence electrons. The maximum atomic E-state index is 6.15. The highest BCUT2D eigenvalue weighted by Crippen LogP contribution is 2.26. The molecule has 0 radical (unpaired) electrons. The summed E-state index contributed by atoms with van der Waals surface area (Å²) >= 11 is 1.74. The molecule has 0 bridgehead atoms. The van der Waals surface area contributed by atoms with Crippen LogP contribution in [0.1, 0.15) is 37.8 Å². The summed E-state index contributed by atoms with van der Waals surface area (Å²) in [7, 11) is 0. The van der Waals surface area contributed by atoms with Crippen molar-refractivity contribution in [3.05, 3.63) is 64.4 Å². The van der Waals surface area contributed by atoms with Gasteiger partial charge in [0.25, 0.3) is 0 Å². The predicted octanol–water partition coefficient (Wildman–Crippen LogP) is 5.54. The molecular weight excluding hydrogens is 264 g/mol. The second kappa shape index (κ2) is 8.03. The molecule has 20 heavy (non-hydrogen) atoms. The van der Waals surface area contributed by atoms with Gasteiger partial charge in [-0.1, -0.05) is 50.3 Å². The molecule has 0 amide bonds. The van der Waals surface area contributed by atoms with Crippen molar-refractivity contribution < 1.29 is 4.74 Å². The van der Waals surface area contributed by atoms with Crippen LogP contribution in [0.5, 0.6) is 0 Å². The zero-order chi connectivity index (χ0) is 14.2. The molecule has 1 heterocycles. The third kappa shape index (κ3) is 4.06. The van der Waals surface area contributed by atoms with Crippen LogP contribution >= 0.6 is 11.3 Å². The topological polar surface area (TPSA) is 9.23 Å². The fourth-order valence-corrected chi connectivity index (χ4v) is 2.95. The van der Waals surface area contributed by atoms with Crippen molar-refractivity contribution in [2.45, 2.75) is 39.4 Å². The van der Waals surface area contributed by atoms with Gasteiger partial charge in [0, 0.05) is 0 Å². The summed E-state index contributed by atoms with van der Waals surface area (Å²) in [6.45, 7) is 5.03. The summed E-state index contributed by atoms with van der Waals surface area (Å²) in [5.41, 5.74) is 3.86. The summed E-state index contributed by atoms with van der Waals surface area (Å²) < 4.78 is 6.15. The Morgan fingerprint density at radius 3 is 2.60 bits per heavy atom. The van der Waals surface area contributed by atoms with Crippen LogP contribution in [0.15, 0.2) is 53.2 Å². The fourth-order valence-electron chi connectivity index (χ4n) is 2.28. The smallest absolute Gasteiger partial charge is 0.0829 e. The van der Waals surface area contributed by atoms with Crippen LogP contribution in [0, 0.1) is 0 Å². The molecule has 1 unspecified atom stereocenters. The van der Waals surface area contributed by atoms with Gasteiger partial charge < -0.3 is 4.74 Å². The third-order valence-electron chi connectivity index (χ3n) is 3.29. The first kappa shape index (κ1) is 15.0. The summed E-state index contributed by atoms with van der Waals surface area (Å²) in [5, 5.41) is 4.33. The Morgan fingerprint density at radius 1 is 1.20 bits per heavy atom. The monoisotopic (exact) mass is 286 g/mol. The molecule has 1 atom stereocenters. The Balaban J connectivity index is 2.08. The first-order valence-electron chi connectivity index (χ1n) is 7.23. The van der Waals surface area contributed by atoms with Gasteiger partial charge in [0.15, 0.2) is 0 Å². The van der Waals surface area contributed by atoms with E-state index in [-0.39, 0.29) is 6.10 Å². The highest BCUT2D eigenvalue weighted by Gasteiger charge is 2.15. The normalized spacial score (nSPS) is 13.4. The van der Waals surface area contributed by atoms with Gasteiger partial charge in [-0.15, -0.1) is 0 Å². The van der Waals surface area contributed by atoms with Gasteiger partial charge >= 0.3 is 0 Å². The van der Waals surface area contributed by atoms with Crippen LogP contribution in [0.3, 0.4) is 0 Å². The van der Waals surface area contributed by atoms with Crippen molar-refractivity contribution in [1.82, 2.24) is 0 Å². The molecule has 0 saturated heterocycles. The van der Waals surface area contributed by atoms with Crippen LogP contribution in [-0.2, 0) is 11.3 Å². The average Bonchev–Trinajstić information content (AvgIpc) is 3.02. The molecule has 0 aliphatic carbocycles. The molecule has 0 fully saturated rings. The van der Waals surface area contributed by atoms with E-state index < -0.39 is 0 Å². The van der Waals surface area contributed by atoms with E-state index in [2.05, 4.69) is 61.0 Å². The van der Waals surface area contributed by atoms with Crippen LogP contribution in [0.2, 0.25) is 0 Å². The standard InChI is InChI=1S/C18H22OS/c1-3-8-17(16-11-12-20-14-16)18(4-2)19-13-15-9-6-5-7-10-15/h5-12,14,18H,3-4,13H2,1-2H3/b17-8+. The van der Waals surface area contributed by atoms with Crippen LogP contribution in [-0.4, -0.2) is 6.10 Å². The number of allylic oxidation sites excluding steroid dienone is 1. The number of benzene rings is 1. The van der Waals surface area contributed by atoms with E-state index in [4.69, 9.17) is 4.74 Å². The van der Waals surface area contributed by atoms with Gasteiger partial charge in [0.1, 0.15) is 0 Å². The van der Waals surface area contributed by atoms with Gasteiger partial charge in [-0.3, -0.25) is 0 Å². The quantitative estimate of drug-likeness (QED) is 0.649. The molecule has 0 N–H and O–H groups in total. The molecule has 2 rings (SSSR count). The number of rotatable bonds is 7. The van der Waals surface area contributed by atoms with Crippen LogP contribution in [0.25, 0.3) is 5.57 Å². The Hall–Kier alpha value is -1.38. The number of hydrogen-bond donors (Lipinski definition) is 0. The van der Waals surface area contributed by atoms with E-state index in [1.165, 1.54) is 16.7 Å². The van der Waals surface area contributed by atoms with Crippen LogP contribution < -0.4 is 0 Å². The lowest BCUT2D eigenvalue weighted by Gasteiger charge is -2.19. The minimum Gasteiger partial charge on any atom is -0.369 e. The third-order valence-corrected chi connectivity index (χ3v) is 3.97. The largest absolute Gasteiger partial charge is 0.369 e. The summed E-state index contributed by atoms with van der Waals surface area (Å²) in [6.07, 6.45) is 4.50. The highest BCUT2D eigenvalue weighted by atomic mass is 32.1. The molecule has 2 aromatic rings. The van der Waals surface area contributed by atoms with Gasteiger partial charge in [0.2, 0.25) is 0 Å². The Labute approximate surface area is 125 Å². The minimum absolute atomic E-state index is 0.171. The van der Waals surface area contributed by atoms with Crippen molar-refractivity contribution >= 4 is 16.9 Å². The zero-order valence-corrected chi connectivity index (χ0v) is 13.0. The molecule has 2 heteroatoms. The van der Waals surface area contributed by atoms with Gasteiger partial charge in [-0.2, -0.15) is 11.3 Å². The molecule has 0 saturated carbocycles. The lowest BCUT2D eigenvalue weighted by Crippen LogP contribution is -2.14. The molecule has 0 aliphatic heterocycles. The summed E-state index contributed by atoms with van der Waals surface area (Å²) in [4.78, 5) is 0. The van der Waals surface area contributed by atoms with Gasteiger partial charge in [0.05, 0.1) is 12.7 Å². The van der Waals surface area contributed by atoms with Crippen molar-refractivity contribution in [3.63, 3.8) is 0 Å². The molecular formula is C18H22OS. The first-order chi connectivity index (χ1) is 9.85. The molecule has 1 aromatic heterocycles. The van der Waals surface area contributed by atoms with E-state index >= 15 is 0 Å². The fraction of sp³-hybridized carbons (Fsp3) is 0.333. The zero-order valence-electron chi connectivity index (χ0n) is 12.2. The SMILES string of the molecule is CC/C=C(\c1ccsc1)C(CC)OCc1ccccc1. The van der Waals surface area contributed by atoms with E-state index in [9.17, 15) is 0 Å². The number of thiophene rings is 1. The second-order valence-corrected chi connectivity index (χ2v) is 5.55. The average molecular weight is 286 g/mol. The van der Waals surface area contributed by atoms with Gasteiger partial charge in [-0.05, 0) is 46.4 Å². The van der Waals surface area contributed by atoms with Gasteiger partial charge in [-0.25, -0.2) is 0 Å². The molecule has 1 nitrogen and oxygen atoms in total. The van der Waals surface area contributed by atoms with E-state index in [0.717, 1.165) is 12.8 Å². The second-order valence-electron chi connectivity index (χ2n) is 4.77. The Kier molecular flexibility index (Phi) is 6.03. The first-order valence-corrected chi connectivity index (χ1v) is 8.17. The summed E-state index contributed by atoms with van der Waals surface area (Å²) in [6, 6.07) is 12.6. The molecule has 0 aliphatic rings. The summed E-state index contributed by atoms with van der Waals surface area (Å²) in [5.74, 6) is 0.